The summed E-state index contributed by atoms with van der Waals surface area (Å²) in [6, 6.07) is 9.65. The van der Waals surface area contributed by atoms with Crippen LogP contribution in [0.25, 0.3) is 0 Å². The zero-order valence-corrected chi connectivity index (χ0v) is 9.94. The molecule has 1 amide bonds. The molecule has 17 heavy (non-hydrogen) atoms. The van der Waals surface area contributed by atoms with Crippen molar-refractivity contribution in [2.75, 3.05) is 0 Å². The van der Waals surface area contributed by atoms with Crippen LogP contribution >= 0.6 is 11.3 Å². The van der Waals surface area contributed by atoms with Gasteiger partial charge >= 0.3 is 4.87 Å². The van der Waals surface area contributed by atoms with Crippen molar-refractivity contribution in [3.63, 3.8) is 0 Å². The second-order valence-electron chi connectivity index (χ2n) is 3.56. The average molecular weight is 248 g/mol. The maximum Gasteiger partial charge on any atom is 0.307 e. The van der Waals surface area contributed by atoms with Gasteiger partial charge in [-0.15, -0.1) is 0 Å². The van der Waals surface area contributed by atoms with E-state index in [9.17, 15) is 9.59 Å². The largest absolute Gasteiger partial charge is 0.350 e. The van der Waals surface area contributed by atoms with E-state index in [1.807, 2.05) is 30.3 Å². The van der Waals surface area contributed by atoms with Crippen molar-refractivity contribution < 1.29 is 4.79 Å². The number of hydrogen-bond acceptors (Lipinski definition) is 3. The Balaban J connectivity index is 1.87. The number of benzene rings is 1. The SMILES string of the molecule is O=C(Cn1ccsc1=O)NCc1ccccc1. The van der Waals surface area contributed by atoms with Crippen LogP contribution in [0.5, 0.6) is 0 Å². The Morgan fingerprint density at radius 3 is 2.71 bits per heavy atom. The lowest BCUT2D eigenvalue weighted by Gasteiger charge is -2.05. The van der Waals surface area contributed by atoms with Crippen LogP contribution in [0.4, 0.5) is 0 Å². The van der Waals surface area contributed by atoms with Gasteiger partial charge in [-0.25, -0.2) is 0 Å². The number of aromatic nitrogens is 1. The molecule has 1 aromatic carbocycles. The quantitative estimate of drug-likeness (QED) is 0.884. The van der Waals surface area contributed by atoms with Gasteiger partial charge in [0.25, 0.3) is 0 Å². The molecular formula is C12H12N2O2S. The molecule has 5 heteroatoms. The zero-order valence-electron chi connectivity index (χ0n) is 9.13. The highest BCUT2D eigenvalue weighted by molar-refractivity contribution is 7.07. The molecule has 0 aliphatic carbocycles. The first-order valence-corrected chi connectivity index (χ1v) is 6.08. The number of nitrogens with one attached hydrogen (secondary N) is 1. The van der Waals surface area contributed by atoms with Gasteiger partial charge in [0.1, 0.15) is 6.54 Å². The minimum Gasteiger partial charge on any atom is -0.350 e. The number of rotatable bonds is 4. The maximum absolute atomic E-state index is 11.6. The average Bonchev–Trinajstić information content (AvgIpc) is 2.74. The van der Waals surface area contributed by atoms with Crippen molar-refractivity contribution in [3.05, 3.63) is 57.1 Å². The van der Waals surface area contributed by atoms with E-state index >= 15 is 0 Å². The first kappa shape index (κ1) is 11.6. The van der Waals surface area contributed by atoms with Crippen LogP contribution in [-0.2, 0) is 17.9 Å². The molecule has 1 aromatic heterocycles. The van der Waals surface area contributed by atoms with E-state index in [4.69, 9.17) is 0 Å². The van der Waals surface area contributed by atoms with Crippen LogP contribution in [0.15, 0.2) is 46.7 Å². The molecule has 0 saturated heterocycles. The molecule has 0 unspecified atom stereocenters. The lowest BCUT2D eigenvalue weighted by atomic mass is 10.2. The molecule has 2 aromatic rings. The third-order valence-electron chi connectivity index (χ3n) is 2.29. The summed E-state index contributed by atoms with van der Waals surface area (Å²) in [7, 11) is 0. The summed E-state index contributed by atoms with van der Waals surface area (Å²) < 4.78 is 1.39. The molecule has 1 heterocycles. The summed E-state index contributed by atoms with van der Waals surface area (Å²) in [5.41, 5.74) is 1.04. The van der Waals surface area contributed by atoms with Crippen molar-refractivity contribution in [2.45, 2.75) is 13.1 Å². The summed E-state index contributed by atoms with van der Waals surface area (Å²) in [5.74, 6) is -0.158. The van der Waals surface area contributed by atoms with Gasteiger partial charge in [-0.1, -0.05) is 41.7 Å². The van der Waals surface area contributed by atoms with Crippen LogP contribution in [-0.4, -0.2) is 10.5 Å². The molecule has 0 aliphatic heterocycles. The molecule has 0 fully saturated rings. The van der Waals surface area contributed by atoms with Crippen LogP contribution in [0.2, 0.25) is 0 Å². The number of amides is 1. The second kappa shape index (κ2) is 5.45. The van der Waals surface area contributed by atoms with Gasteiger partial charge in [0.15, 0.2) is 0 Å². The van der Waals surface area contributed by atoms with E-state index in [0.717, 1.165) is 16.9 Å². The Morgan fingerprint density at radius 1 is 1.29 bits per heavy atom. The van der Waals surface area contributed by atoms with Gasteiger partial charge in [0.05, 0.1) is 0 Å². The van der Waals surface area contributed by atoms with Crippen molar-refractivity contribution in [1.82, 2.24) is 9.88 Å². The Labute approximate surface area is 103 Å². The number of nitrogens with zero attached hydrogens (tertiary/aromatic N) is 1. The zero-order chi connectivity index (χ0) is 12.1. The summed E-state index contributed by atoms with van der Waals surface area (Å²) in [5, 5.41) is 4.44. The second-order valence-corrected chi connectivity index (χ2v) is 4.42. The fourth-order valence-electron chi connectivity index (χ4n) is 1.42. The fourth-order valence-corrected chi connectivity index (χ4v) is 2.00. The van der Waals surface area contributed by atoms with E-state index in [1.54, 1.807) is 11.6 Å². The van der Waals surface area contributed by atoms with Crippen molar-refractivity contribution in [3.8, 4) is 0 Å². The molecule has 0 saturated carbocycles. The predicted octanol–water partition coefficient (Wildman–Crippen LogP) is 1.23. The normalized spacial score (nSPS) is 10.1. The molecule has 2 rings (SSSR count). The standard InChI is InChI=1S/C12H12N2O2S/c15-11(9-14-6-7-17-12(14)16)13-8-10-4-2-1-3-5-10/h1-7H,8-9H2,(H,13,15). The minimum atomic E-state index is -0.158. The molecule has 0 atom stereocenters. The van der Waals surface area contributed by atoms with Crippen LogP contribution in [0.3, 0.4) is 0 Å². The van der Waals surface area contributed by atoms with Gasteiger partial charge in [0.2, 0.25) is 5.91 Å². The topological polar surface area (TPSA) is 51.1 Å². The lowest BCUT2D eigenvalue weighted by Crippen LogP contribution is -2.29. The molecule has 0 radical (unpaired) electrons. The van der Waals surface area contributed by atoms with E-state index < -0.39 is 0 Å². The smallest absolute Gasteiger partial charge is 0.307 e. The third kappa shape index (κ3) is 3.29. The van der Waals surface area contributed by atoms with E-state index in [1.165, 1.54) is 4.57 Å². The highest BCUT2D eigenvalue weighted by atomic mass is 32.1. The molecule has 0 spiro atoms. The van der Waals surface area contributed by atoms with E-state index in [0.29, 0.717) is 6.54 Å². The molecule has 0 bridgehead atoms. The number of thiazole rings is 1. The van der Waals surface area contributed by atoms with E-state index in [2.05, 4.69) is 5.32 Å². The fraction of sp³-hybridized carbons (Fsp3) is 0.167. The van der Waals surface area contributed by atoms with Gasteiger partial charge in [-0.05, 0) is 5.56 Å². The molecular weight excluding hydrogens is 236 g/mol. The Bertz CT molecular complexity index is 545. The highest BCUT2D eigenvalue weighted by Crippen LogP contribution is 1.97. The van der Waals surface area contributed by atoms with Crippen LogP contribution < -0.4 is 10.2 Å². The van der Waals surface area contributed by atoms with Gasteiger partial charge in [-0.3, -0.25) is 14.2 Å². The summed E-state index contributed by atoms with van der Waals surface area (Å²) in [6.45, 7) is 0.563. The maximum atomic E-state index is 11.6. The number of carbonyl (C=O) groups excluding carboxylic acids is 1. The molecule has 1 N–H and O–H groups in total. The summed E-state index contributed by atoms with van der Waals surface area (Å²) >= 11 is 1.09. The van der Waals surface area contributed by atoms with Crippen LogP contribution in [0.1, 0.15) is 5.56 Å². The van der Waals surface area contributed by atoms with Crippen molar-refractivity contribution in [1.29, 1.82) is 0 Å². The Morgan fingerprint density at radius 2 is 2.06 bits per heavy atom. The minimum absolute atomic E-state index is 0.0785. The summed E-state index contributed by atoms with van der Waals surface area (Å²) in [6.07, 6.45) is 1.62. The number of hydrogen-bond donors (Lipinski definition) is 1. The van der Waals surface area contributed by atoms with Gasteiger partial charge in [-0.2, -0.15) is 0 Å². The monoisotopic (exact) mass is 248 g/mol. The molecule has 0 aliphatic rings. The Kier molecular flexibility index (Phi) is 3.72. The van der Waals surface area contributed by atoms with Gasteiger partial charge in [0, 0.05) is 18.1 Å². The molecule has 4 nitrogen and oxygen atoms in total. The first-order valence-electron chi connectivity index (χ1n) is 5.20. The predicted molar refractivity (Wildman–Crippen MR) is 66.9 cm³/mol. The number of carbonyl (C=O) groups is 1. The van der Waals surface area contributed by atoms with Gasteiger partial charge < -0.3 is 5.32 Å². The summed E-state index contributed by atoms with van der Waals surface area (Å²) in [4.78, 5) is 22.7. The van der Waals surface area contributed by atoms with Crippen LogP contribution in [0, 0.1) is 0 Å². The molecule has 88 valence electrons. The highest BCUT2D eigenvalue weighted by Gasteiger charge is 2.04. The van der Waals surface area contributed by atoms with Crippen molar-refractivity contribution >= 4 is 17.2 Å². The Hall–Kier alpha value is -1.88. The third-order valence-corrected chi connectivity index (χ3v) is 2.98. The van der Waals surface area contributed by atoms with Crippen molar-refractivity contribution in [2.24, 2.45) is 0 Å². The first-order chi connectivity index (χ1) is 8.25. The van der Waals surface area contributed by atoms with E-state index in [-0.39, 0.29) is 17.3 Å². The lowest BCUT2D eigenvalue weighted by molar-refractivity contribution is -0.121.